The number of nitrogens with two attached hydrogens (primary N) is 2. The first-order valence-electron chi connectivity index (χ1n) is 13.1. The van der Waals surface area contributed by atoms with Gasteiger partial charge >= 0.3 is 11.9 Å². The van der Waals surface area contributed by atoms with Crippen molar-refractivity contribution in [2.45, 2.75) is 62.7 Å². The van der Waals surface area contributed by atoms with Gasteiger partial charge in [-0.2, -0.15) is 0 Å². The van der Waals surface area contributed by atoms with Gasteiger partial charge in [-0.15, -0.1) is 0 Å². The van der Waals surface area contributed by atoms with Crippen molar-refractivity contribution in [3.8, 4) is 0 Å². The number of rotatable bonds is 17. The Morgan fingerprint density at radius 2 is 1.24 bits per heavy atom. The fourth-order valence-electron chi connectivity index (χ4n) is 3.96. The quantitative estimate of drug-likeness (QED) is 0.0916. The number of carbonyl (C=O) groups excluding carboxylic acids is 3. The van der Waals surface area contributed by atoms with Gasteiger partial charge < -0.3 is 37.6 Å². The van der Waals surface area contributed by atoms with E-state index >= 15 is 0 Å². The molecule has 0 radical (unpaired) electrons. The van der Waals surface area contributed by atoms with E-state index in [9.17, 15) is 29.1 Å². The fraction of sp³-hybridized carbons (Fsp3) is 0.393. The highest BCUT2D eigenvalue weighted by molar-refractivity contribution is 14.1. The Labute approximate surface area is 251 Å². The molecule has 0 fully saturated rings. The standard InChI is InChI=1S/C28H36IN5O7/c29-19-11-9-18(10-12-19)15-21(32-25(37)20(31)8-4-5-13-30)26(38)33-22(14-17-6-2-1-3-7-17)27(39)34-23(28(40)41)16-24(35)36/h1-3,6-7,9-12,20-23H,4-5,8,13-16,30-31H2,(H,32,37)(H,33,38)(H,34,39)(H,35,36)(H,40,41)/t20-,21+,22+,23+/m1/s1. The summed E-state index contributed by atoms with van der Waals surface area (Å²) in [7, 11) is 0. The molecule has 0 aliphatic heterocycles. The Kier molecular flexibility index (Phi) is 14.2. The normalized spacial score (nSPS) is 13.7. The first kappa shape index (κ1) is 33.6. The third kappa shape index (κ3) is 12.2. The Balaban J connectivity index is 2.30. The van der Waals surface area contributed by atoms with Crippen LogP contribution >= 0.6 is 22.6 Å². The molecule has 2 aromatic rings. The number of hydrogen-bond acceptors (Lipinski definition) is 7. The zero-order chi connectivity index (χ0) is 30.4. The molecule has 3 amide bonds. The molecule has 0 saturated heterocycles. The molecule has 2 rings (SSSR count). The van der Waals surface area contributed by atoms with Crippen molar-refractivity contribution in [2.24, 2.45) is 11.5 Å². The van der Waals surface area contributed by atoms with Crippen molar-refractivity contribution < 1.29 is 34.2 Å². The van der Waals surface area contributed by atoms with E-state index < -0.39 is 60.2 Å². The van der Waals surface area contributed by atoms with Gasteiger partial charge in [-0.05, 0) is 65.2 Å². The molecule has 0 unspecified atom stereocenters. The van der Waals surface area contributed by atoms with E-state index in [0.717, 1.165) is 9.13 Å². The number of carboxylic acid groups (broad SMARTS) is 2. The highest BCUT2D eigenvalue weighted by Crippen LogP contribution is 2.11. The van der Waals surface area contributed by atoms with Crippen LogP contribution in [-0.4, -0.2) is 70.6 Å². The molecule has 13 heteroatoms. The molecule has 0 aliphatic rings. The highest BCUT2D eigenvalue weighted by Gasteiger charge is 2.31. The van der Waals surface area contributed by atoms with E-state index in [1.165, 1.54) is 0 Å². The molecule has 0 aliphatic carbocycles. The minimum atomic E-state index is -1.70. The van der Waals surface area contributed by atoms with Crippen molar-refractivity contribution in [2.75, 3.05) is 6.54 Å². The number of carbonyl (C=O) groups is 5. The Morgan fingerprint density at radius 3 is 1.76 bits per heavy atom. The topological polar surface area (TPSA) is 214 Å². The van der Waals surface area contributed by atoms with Crippen molar-refractivity contribution in [3.63, 3.8) is 0 Å². The molecule has 222 valence electrons. The second-order valence-electron chi connectivity index (χ2n) is 9.53. The Hall–Kier alpha value is -3.56. The number of carboxylic acids is 2. The second kappa shape index (κ2) is 17.3. The van der Waals surface area contributed by atoms with E-state index in [0.29, 0.717) is 31.4 Å². The van der Waals surface area contributed by atoms with Crippen LogP contribution in [0, 0.1) is 3.57 Å². The Morgan fingerprint density at radius 1 is 0.732 bits per heavy atom. The van der Waals surface area contributed by atoms with Crippen LogP contribution in [0.4, 0.5) is 0 Å². The van der Waals surface area contributed by atoms with Gasteiger partial charge in [-0.25, -0.2) is 4.79 Å². The summed E-state index contributed by atoms with van der Waals surface area (Å²) in [5.74, 6) is -5.05. The van der Waals surface area contributed by atoms with Gasteiger partial charge in [-0.1, -0.05) is 48.9 Å². The summed E-state index contributed by atoms with van der Waals surface area (Å²) in [6.07, 6.45) is 0.949. The van der Waals surface area contributed by atoms with Gasteiger partial charge in [0.2, 0.25) is 17.7 Å². The van der Waals surface area contributed by atoms with Crippen LogP contribution in [0.2, 0.25) is 0 Å². The van der Waals surface area contributed by atoms with Crippen LogP contribution in [0.5, 0.6) is 0 Å². The SMILES string of the molecule is NCCCC[C@@H](N)C(=O)N[C@@H](Cc1ccc(I)cc1)C(=O)N[C@@H](Cc1ccccc1)C(=O)N[C@@H](CC(=O)O)C(=O)O. The van der Waals surface area contributed by atoms with Crippen LogP contribution in [0.1, 0.15) is 36.8 Å². The van der Waals surface area contributed by atoms with E-state index in [2.05, 4.69) is 38.5 Å². The molecule has 0 spiro atoms. The maximum atomic E-state index is 13.6. The number of halogens is 1. The van der Waals surface area contributed by atoms with Crippen LogP contribution in [-0.2, 0) is 36.8 Å². The predicted molar refractivity (Wildman–Crippen MR) is 160 cm³/mol. The molecule has 2 aromatic carbocycles. The summed E-state index contributed by atoms with van der Waals surface area (Å²) in [6.45, 7) is 0.465. The molecule has 41 heavy (non-hydrogen) atoms. The summed E-state index contributed by atoms with van der Waals surface area (Å²) >= 11 is 2.15. The summed E-state index contributed by atoms with van der Waals surface area (Å²) < 4.78 is 0.979. The zero-order valence-corrected chi connectivity index (χ0v) is 24.6. The van der Waals surface area contributed by atoms with Crippen LogP contribution in [0.15, 0.2) is 54.6 Å². The lowest BCUT2D eigenvalue weighted by Crippen LogP contribution is -2.58. The van der Waals surface area contributed by atoms with E-state index in [1.807, 2.05) is 24.3 Å². The Bertz CT molecular complexity index is 1180. The third-order valence-electron chi connectivity index (χ3n) is 6.20. The number of unbranched alkanes of at least 4 members (excludes halogenated alkanes) is 1. The van der Waals surface area contributed by atoms with Crippen molar-refractivity contribution in [3.05, 3.63) is 69.3 Å². The largest absolute Gasteiger partial charge is 0.481 e. The molecule has 0 heterocycles. The molecule has 0 bridgehead atoms. The van der Waals surface area contributed by atoms with Crippen molar-refractivity contribution >= 4 is 52.3 Å². The van der Waals surface area contributed by atoms with Gasteiger partial charge in [0.15, 0.2) is 0 Å². The zero-order valence-electron chi connectivity index (χ0n) is 22.4. The third-order valence-corrected chi connectivity index (χ3v) is 6.92. The van der Waals surface area contributed by atoms with Gasteiger partial charge in [0.25, 0.3) is 0 Å². The van der Waals surface area contributed by atoms with Crippen molar-refractivity contribution in [1.29, 1.82) is 0 Å². The first-order valence-corrected chi connectivity index (χ1v) is 14.2. The van der Waals surface area contributed by atoms with Gasteiger partial charge in [0, 0.05) is 16.4 Å². The number of nitrogens with one attached hydrogen (secondary N) is 3. The number of hydrogen-bond donors (Lipinski definition) is 7. The van der Waals surface area contributed by atoms with E-state index in [1.54, 1.807) is 30.3 Å². The number of benzene rings is 2. The minimum Gasteiger partial charge on any atom is -0.481 e. The highest BCUT2D eigenvalue weighted by atomic mass is 127. The lowest BCUT2D eigenvalue weighted by Gasteiger charge is -2.25. The molecule has 0 saturated carbocycles. The number of amides is 3. The number of aliphatic carboxylic acids is 2. The van der Waals surface area contributed by atoms with E-state index in [-0.39, 0.29) is 12.8 Å². The van der Waals surface area contributed by atoms with E-state index in [4.69, 9.17) is 16.6 Å². The maximum absolute atomic E-state index is 13.6. The smallest absolute Gasteiger partial charge is 0.326 e. The molecule has 9 N–H and O–H groups in total. The monoisotopic (exact) mass is 681 g/mol. The van der Waals surface area contributed by atoms with Crippen molar-refractivity contribution in [1.82, 2.24) is 16.0 Å². The lowest BCUT2D eigenvalue weighted by atomic mass is 10.0. The van der Waals surface area contributed by atoms with Gasteiger partial charge in [0.05, 0.1) is 12.5 Å². The average Bonchev–Trinajstić information content (AvgIpc) is 2.93. The molecular formula is C28H36IN5O7. The summed E-state index contributed by atoms with van der Waals surface area (Å²) in [4.78, 5) is 62.3. The average molecular weight is 682 g/mol. The second-order valence-corrected chi connectivity index (χ2v) is 10.8. The van der Waals surface area contributed by atoms with Gasteiger partial charge in [-0.3, -0.25) is 19.2 Å². The summed E-state index contributed by atoms with van der Waals surface area (Å²) in [5.41, 5.74) is 13.0. The minimum absolute atomic E-state index is 0.0133. The predicted octanol–water partition coefficient (Wildman–Crippen LogP) is 0.546. The maximum Gasteiger partial charge on any atom is 0.326 e. The van der Waals surface area contributed by atoms with Crippen LogP contribution < -0.4 is 27.4 Å². The fourth-order valence-corrected chi connectivity index (χ4v) is 4.32. The molecule has 4 atom stereocenters. The van der Waals surface area contributed by atoms with Crippen LogP contribution in [0.3, 0.4) is 0 Å². The van der Waals surface area contributed by atoms with Crippen LogP contribution in [0.25, 0.3) is 0 Å². The first-order chi connectivity index (χ1) is 19.5. The molecule has 0 aromatic heterocycles. The summed E-state index contributed by atoms with van der Waals surface area (Å²) in [6, 6.07) is 11.1. The lowest BCUT2D eigenvalue weighted by molar-refractivity contribution is -0.147. The molecular weight excluding hydrogens is 645 g/mol. The van der Waals surface area contributed by atoms with Gasteiger partial charge in [0.1, 0.15) is 18.1 Å². The summed E-state index contributed by atoms with van der Waals surface area (Å²) in [5, 5.41) is 26.0. The molecule has 12 nitrogen and oxygen atoms in total.